The highest BCUT2D eigenvalue weighted by molar-refractivity contribution is 7.09. The molecule has 1 fully saturated rings. The highest BCUT2D eigenvalue weighted by Crippen LogP contribution is 2.22. The summed E-state index contributed by atoms with van der Waals surface area (Å²) in [6.07, 6.45) is 5.87. The van der Waals surface area contributed by atoms with E-state index in [1.165, 1.54) is 18.4 Å². The van der Waals surface area contributed by atoms with Crippen molar-refractivity contribution in [3.05, 3.63) is 52.5 Å². The summed E-state index contributed by atoms with van der Waals surface area (Å²) in [6, 6.07) is 10.7. The maximum Gasteiger partial charge on any atom is 0.223 e. The average Bonchev–Trinajstić information content (AvgIpc) is 3.29. The Morgan fingerprint density at radius 2 is 2.25 bits per heavy atom. The number of aromatic nitrogens is 1. The molecule has 0 unspecified atom stereocenters. The Hall–Kier alpha value is -1.72. The normalized spacial score (nSPS) is 19.8. The summed E-state index contributed by atoms with van der Waals surface area (Å²) < 4.78 is 0. The number of carbonyl (C=O) groups is 1. The van der Waals surface area contributed by atoms with E-state index in [1.54, 1.807) is 17.5 Å². The number of nitrogens with one attached hydrogen (secondary N) is 2. The van der Waals surface area contributed by atoms with Crippen molar-refractivity contribution in [1.29, 1.82) is 0 Å². The monoisotopic (exact) mass is 343 g/mol. The van der Waals surface area contributed by atoms with Crippen LogP contribution in [-0.2, 0) is 11.2 Å². The van der Waals surface area contributed by atoms with Gasteiger partial charge in [0, 0.05) is 23.5 Å². The molecule has 3 rings (SSSR count). The van der Waals surface area contributed by atoms with E-state index in [0.29, 0.717) is 6.04 Å². The summed E-state index contributed by atoms with van der Waals surface area (Å²) in [6.45, 7) is 3.10. The molecule has 1 aromatic carbocycles. The topological polar surface area (TPSA) is 54.0 Å². The van der Waals surface area contributed by atoms with Gasteiger partial charge in [-0.3, -0.25) is 4.79 Å². The Labute approximate surface area is 147 Å². The first-order valence-electron chi connectivity index (χ1n) is 8.69. The van der Waals surface area contributed by atoms with Crippen LogP contribution in [0.25, 0.3) is 0 Å². The van der Waals surface area contributed by atoms with Gasteiger partial charge in [0.25, 0.3) is 0 Å². The molecule has 2 heterocycles. The number of benzene rings is 1. The van der Waals surface area contributed by atoms with Crippen molar-refractivity contribution in [3.8, 4) is 0 Å². The van der Waals surface area contributed by atoms with Crippen molar-refractivity contribution in [2.45, 2.75) is 44.7 Å². The van der Waals surface area contributed by atoms with Crippen LogP contribution in [0.15, 0.2) is 41.9 Å². The molecule has 4 nitrogen and oxygen atoms in total. The number of thiazole rings is 1. The zero-order valence-electron chi connectivity index (χ0n) is 14.1. The van der Waals surface area contributed by atoms with Gasteiger partial charge in [0.2, 0.25) is 5.91 Å². The second-order valence-corrected chi connectivity index (χ2v) is 7.48. The van der Waals surface area contributed by atoms with E-state index >= 15 is 0 Å². The molecule has 24 heavy (non-hydrogen) atoms. The number of carbonyl (C=O) groups excluding carboxylic acids is 1. The van der Waals surface area contributed by atoms with Crippen LogP contribution in [0.3, 0.4) is 0 Å². The highest BCUT2D eigenvalue weighted by atomic mass is 32.1. The van der Waals surface area contributed by atoms with Crippen LogP contribution in [0.4, 0.5) is 0 Å². The predicted molar refractivity (Wildman–Crippen MR) is 97.9 cm³/mol. The minimum atomic E-state index is -0.0566. The summed E-state index contributed by atoms with van der Waals surface area (Å²) >= 11 is 1.60. The standard InChI is InChI=1S/C19H25N3OS/c1-14(12-16-8-5-9-20-16)18(23)22-17(19-21-10-11-24-19)13-15-6-3-2-4-7-15/h2-4,6-7,10-11,14,16-17,20H,5,8-9,12-13H2,1H3,(H,22,23)/t14-,16+,17+/m1/s1. The van der Waals surface area contributed by atoms with Crippen molar-refractivity contribution in [1.82, 2.24) is 15.6 Å². The molecule has 0 aliphatic carbocycles. The fourth-order valence-corrected chi connectivity index (χ4v) is 3.95. The van der Waals surface area contributed by atoms with Crippen LogP contribution in [0.1, 0.15) is 42.8 Å². The molecule has 0 saturated carbocycles. The van der Waals surface area contributed by atoms with Crippen LogP contribution in [0.2, 0.25) is 0 Å². The number of amides is 1. The van der Waals surface area contributed by atoms with E-state index < -0.39 is 0 Å². The molecule has 1 aliphatic rings. The molecule has 2 N–H and O–H groups in total. The summed E-state index contributed by atoms with van der Waals surface area (Å²) in [4.78, 5) is 17.1. The third-order valence-electron chi connectivity index (χ3n) is 4.60. The second kappa shape index (κ2) is 8.40. The molecule has 5 heteroatoms. The number of rotatable bonds is 7. The van der Waals surface area contributed by atoms with Gasteiger partial charge in [0.1, 0.15) is 5.01 Å². The zero-order chi connectivity index (χ0) is 16.8. The van der Waals surface area contributed by atoms with Crippen LogP contribution in [0.5, 0.6) is 0 Å². The first-order valence-corrected chi connectivity index (χ1v) is 9.57. The molecular weight excluding hydrogens is 318 g/mol. The Bertz CT molecular complexity index is 623. The van der Waals surface area contributed by atoms with Gasteiger partial charge < -0.3 is 10.6 Å². The second-order valence-electron chi connectivity index (χ2n) is 6.55. The van der Waals surface area contributed by atoms with Crippen molar-refractivity contribution in [3.63, 3.8) is 0 Å². The van der Waals surface area contributed by atoms with Crippen LogP contribution in [-0.4, -0.2) is 23.5 Å². The molecule has 0 bridgehead atoms. The molecular formula is C19H25N3OS. The van der Waals surface area contributed by atoms with Crippen molar-refractivity contribution in [2.24, 2.45) is 5.92 Å². The molecule has 2 aromatic rings. The van der Waals surface area contributed by atoms with E-state index in [1.807, 2.05) is 30.5 Å². The Morgan fingerprint density at radius 1 is 1.42 bits per heavy atom. The SMILES string of the molecule is C[C@H](C[C@@H]1CCCN1)C(=O)N[C@@H](Cc1ccccc1)c1nccs1. The fourth-order valence-electron chi connectivity index (χ4n) is 3.26. The van der Waals surface area contributed by atoms with Crippen molar-refractivity contribution in [2.75, 3.05) is 6.54 Å². The third-order valence-corrected chi connectivity index (χ3v) is 5.49. The lowest BCUT2D eigenvalue weighted by Gasteiger charge is -2.21. The zero-order valence-corrected chi connectivity index (χ0v) is 14.9. The smallest absolute Gasteiger partial charge is 0.223 e. The molecule has 1 saturated heterocycles. The van der Waals surface area contributed by atoms with E-state index in [0.717, 1.165) is 24.4 Å². The Kier molecular flexibility index (Phi) is 5.99. The predicted octanol–water partition coefficient (Wildman–Crippen LogP) is 3.32. The highest BCUT2D eigenvalue weighted by Gasteiger charge is 2.24. The first-order chi connectivity index (χ1) is 11.7. The third kappa shape index (κ3) is 4.65. The minimum Gasteiger partial charge on any atom is -0.346 e. The first kappa shape index (κ1) is 17.1. The van der Waals surface area contributed by atoms with Gasteiger partial charge >= 0.3 is 0 Å². The van der Waals surface area contributed by atoms with Gasteiger partial charge in [-0.2, -0.15) is 0 Å². The molecule has 1 amide bonds. The minimum absolute atomic E-state index is 0.0128. The fraction of sp³-hybridized carbons (Fsp3) is 0.474. The largest absolute Gasteiger partial charge is 0.346 e. The molecule has 128 valence electrons. The maximum absolute atomic E-state index is 12.7. The van der Waals surface area contributed by atoms with Crippen molar-refractivity contribution < 1.29 is 4.79 Å². The quantitative estimate of drug-likeness (QED) is 0.811. The summed E-state index contributed by atoms with van der Waals surface area (Å²) in [5, 5.41) is 9.63. The average molecular weight is 343 g/mol. The van der Waals surface area contributed by atoms with E-state index in [4.69, 9.17) is 0 Å². The van der Waals surface area contributed by atoms with Crippen LogP contribution < -0.4 is 10.6 Å². The van der Waals surface area contributed by atoms with Gasteiger partial charge in [-0.1, -0.05) is 37.3 Å². The van der Waals surface area contributed by atoms with Crippen LogP contribution >= 0.6 is 11.3 Å². The van der Waals surface area contributed by atoms with Gasteiger partial charge in [-0.25, -0.2) is 4.98 Å². The van der Waals surface area contributed by atoms with E-state index in [2.05, 4.69) is 27.8 Å². The van der Waals surface area contributed by atoms with E-state index in [-0.39, 0.29) is 17.9 Å². The summed E-state index contributed by atoms with van der Waals surface area (Å²) in [7, 11) is 0. The molecule has 3 atom stereocenters. The van der Waals surface area contributed by atoms with Crippen LogP contribution in [0, 0.1) is 5.92 Å². The van der Waals surface area contributed by atoms with Gasteiger partial charge in [-0.15, -0.1) is 11.3 Å². The van der Waals surface area contributed by atoms with Gasteiger partial charge in [-0.05, 0) is 37.8 Å². The van der Waals surface area contributed by atoms with Gasteiger partial charge in [0.15, 0.2) is 0 Å². The number of hydrogen-bond donors (Lipinski definition) is 2. The van der Waals surface area contributed by atoms with Gasteiger partial charge in [0.05, 0.1) is 6.04 Å². The molecule has 0 radical (unpaired) electrons. The van der Waals surface area contributed by atoms with E-state index in [9.17, 15) is 4.79 Å². The lowest BCUT2D eigenvalue weighted by molar-refractivity contribution is -0.125. The number of hydrogen-bond acceptors (Lipinski definition) is 4. The lowest BCUT2D eigenvalue weighted by atomic mass is 9.98. The summed E-state index contributed by atoms with van der Waals surface area (Å²) in [5.74, 6) is 0.138. The molecule has 0 spiro atoms. The Balaban J connectivity index is 1.63. The van der Waals surface area contributed by atoms with Crippen molar-refractivity contribution >= 4 is 17.2 Å². The molecule has 1 aliphatic heterocycles. The molecule has 1 aromatic heterocycles. The number of nitrogens with zero attached hydrogens (tertiary/aromatic N) is 1. The summed E-state index contributed by atoms with van der Waals surface area (Å²) in [5.41, 5.74) is 1.21. The Morgan fingerprint density at radius 3 is 2.92 bits per heavy atom. The lowest BCUT2D eigenvalue weighted by Crippen LogP contribution is -2.36. The maximum atomic E-state index is 12.7.